The molecule has 0 fully saturated rings. The molecule has 0 saturated heterocycles. The summed E-state index contributed by atoms with van der Waals surface area (Å²) in [5.74, 6) is -3.69. The molecular weight excluding hydrogens is 270 g/mol. The molecule has 8 heteroatoms. The molecule has 1 rings (SSSR count). The highest BCUT2D eigenvalue weighted by Gasteiger charge is 2.32. The van der Waals surface area contributed by atoms with Crippen LogP contribution in [0.15, 0.2) is 18.2 Å². The van der Waals surface area contributed by atoms with E-state index in [9.17, 15) is 27.2 Å². The van der Waals surface area contributed by atoms with Crippen LogP contribution in [-0.4, -0.2) is 23.0 Å². The highest BCUT2D eigenvalue weighted by Crippen LogP contribution is 2.30. The molecule has 2 N–H and O–H groups in total. The first-order valence-electron chi connectivity index (χ1n) is 5.02. The number of nitrogens with one attached hydrogen (secondary N) is 1. The van der Waals surface area contributed by atoms with Crippen LogP contribution in [0.4, 0.5) is 17.6 Å². The van der Waals surface area contributed by atoms with Crippen molar-refractivity contribution in [3.05, 3.63) is 35.1 Å². The van der Waals surface area contributed by atoms with Crippen molar-refractivity contribution in [2.45, 2.75) is 19.1 Å². The fraction of sp³-hybridized carbons (Fsp3) is 0.273. The van der Waals surface area contributed by atoms with Crippen LogP contribution in [0.2, 0.25) is 0 Å². The van der Waals surface area contributed by atoms with Gasteiger partial charge in [-0.15, -0.1) is 0 Å². The number of carbonyl (C=O) groups excluding carboxylic acids is 1. The summed E-state index contributed by atoms with van der Waals surface area (Å²) in [6, 6.07) is -0.00566. The monoisotopic (exact) mass is 279 g/mol. The highest BCUT2D eigenvalue weighted by atomic mass is 19.4. The van der Waals surface area contributed by atoms with Crippen LogP contribution in [0, 0.1) is 5.82 Å². The van der Waals surface area contributed by atoms with Gasteiger partial charge in [-0.1, -0.05) is 0 Å². The molecule has 1 unspecified atom stereocenters. The molecule has 0 spiro atoms. The zero-order valence-electron chi connectivity index (χ0n) is 9.58. The lowest BCUT2D eigenvalue weighted by atomic mass is 10.1. The summed E-state index contributed by atoms with van der Waals surface area (Å²) < 4.78 is 50.2. The minimum Gasteiger partial charge on any atom is -0.480 e. The highest BCUT2D eigenvalue weighted by molar-refractivity contribution is 5.96. The van der Waals surface area contributed by atoms with Crippen molar-refractivity contribution >= 4 is 11.9 Å². The van der Waals surface area contributed by atoms with Crippen LogP contribution in [0.3, 0.4) is 0 Å². The third-order valence-corrected chi connectivity index (χ3v) is 2.21. The van der Waals surface area contributed by atoms with Crippen molar-refractivity contribution in [2.75, 3.05) is 0 Å². The normalized spacial score (nSPS) is 12.9. The summed E-state index contributed by atoms with van der Waals surface area (Å²) in [7, 11) is 0. The van der Waals surface area contributed by atoms with E-state index in [0.717, 1.165) is 6.92 Å². The predicted molar refractivity (Wildman–Crippen MR) is 56.0 cm³/mol. The molecule has 0 heterocycles. The van der Waals surface area contributed by atoms with Crippen LogP contribution in [-0.2, 0) is 11.0 Å². The first-order chi connectivity index (χ1) is 8.61. The summed E-state index contributed by atoms with van der Waals surface area (Å²) in [4.78, 5) is 22.0. The Morgan fingerprint density at radius 1 is 1.26 bits per heavy atom. The maximum Gasteiger partial charge on any atom is 0.416 e. The second-order valence-corrected chi connectivity index (χ2v) is 3.76. The summed E-state index contributed by atoms with van der Waals surface area (Å²) in [6.45, 7) is 1.13. The van der Waals surface area contributed by atoms with Gasteiger partial charge in [0.25, 0.3) is 5.91 Å². The largest absolute Gasteiger partial charge is 0.480 e. The Morgan fingerprint density at radius 2 is 1.84 bits per heavy atom. The number of carboxylic acid groups (broad SMARTS) is 1. The number of halogens is 4. The van der Waals surface area contributed by atoms with Crippen LogP contribution < -0.4 is 5.32 Å². The molecule has 0 aliphatic heterocycles. The Hall–Kier alpha value is -2.12. The molecule has 0 saturated carbocycles. The van der Waals surface area contributed by atoms with Crippen molar-refractivity contribution in [2.24, 2.45) is 0 Å². The lowest BCUT2D eigenvalue weighted by Gasteiger charge is -2.11. The Bertz CT molecular complexity index is 513. The fourth-order valence-electron chi connectivity index (χ4n) is 1.23. The van der Waals surface area contributed by atoms with Gasteiger partial charge in [-0.05, 0) is 25.1 Å². The minimum atomic E-state index is -4.80. The van der Waals surface area contributed by atoms with E-state index in [2.05, 4.69) is 0 Å². The quantitative estimate of drug-likeness (QED) is 0.832. The number of alkyl halides is 3. The first kappa shape index (κ1) is 14.9. The molecule has 4 nitrogen and oxygen atoms in total. The molecule has 1 amide bonds. The average molecular weight is 279 g/mol. The number of carboxylic acids is 1. The van der Waals surface area contributed by atoms with Gasteiger partial charge in [0, 0.05) is 5.56 Å². The van der Waals surface area contributed by atoms with E-state index in [1.165, 1.54) is 0 Å². The van der Waals surface area contributed by atoms with Gasteiger partial charge in [-0.25, -0.2) is 4.39 Å². The summed E-state index contributed by atoms with van der Waals surface area (Å²) in [6.07, 6.45) is -4.80. The van der Waals surface area contributed by atoms with Gasteiger partial charge in [-0.3, -0.25) is 9.59 Å². The standard InChI is InChI=1S/C11H9F4NO3/c1-5(10(18)19)16-9(17)6-2-7(11(13,14)15)4-8(12)3-6/h2-5H,1H3,(H,16,17)(H,18,19). The van der Waals surface area contributed by atoms with Crippen LogP contribution in [0.25, 0.3) is 0 Å². The second kappa shape index (κ2) is 5.25. The molecule has 104 valence electrons. The zero-order valence-corrected chi connectivity index (χ0v) is 9.58. The van der Waals surface area contributed by atoms with Gasteiger partial charge in [0.05, 0.1) is 5.56 Å². The summed E-state index contributed by atoms with van der Waals surface area (Å²) in [5, 5.41) is 10.5. The van der Waals surface area contributed by atoms with Gasteiger partial charge in [0.2, 0.25) is 0 Å². The fourth-order valence-corrected chi connectivity index (χ4v) is 1.23. The number of rotatable bonds is 3. The summed E-state index contributed by atoms with van der Waals surface area (Å²) in [5.41, 5.74) is -1.92. The van der Waals surface area contributed by atoms with Crippen LogP contribution >= 0.6 is 0 Å². The van der Waals surface area contributed by atoms with E-state index in [1.807, 2.05) is 5.32 Å². The van der Waals surface area contributed by atoms with Crippen molar-refractivity contribution in [3.8, 4) is 0 Å². The molecule has 1 aromatic rings. The molecule has 0 aromatic heterocycles. The molecule has 0 radical (unpaired) electrons. The van der Waals surface area contributed by atoms with Crippen molar-refractivity contribution in [1.82, 2.24) is 5.32 Å². The van der Waals surface area contributed by atoms with Crippen molar-refractivity contribution < 1.29 is 32.3 Å². The lowest BCUT2D eigenvalue weighted by Crippen LogP contribution is -2.38. The molecule has 0 aliphatic rings. The third kappa shape index (κ3) is 3.94. The number of aliphatic carboxylic acids is 1. The average Bonchev–Trinajstić information content (AvgIpc) is 2.26. The molecule has 19 heavy (non-hydrogen) atoms. The summed E-state index contributed by atoms with van der Waals surface area (Å²) >= 11 is 0. The molecule has 1 aromatic carbocycles. The predicted octanol–water partition coefficient (Wildman–Crippen LogP) is 2.05. The molecule has 1 atom stereocenters. The van der Waals surface area contributed by atoms with Gasteiger partial charge in [-0.2, -0.15) is 13.2 Å². The third-order valence-electron chi connectivity index (χ3n) is 2.21. The second-order valence-electron chi connectivity index (χ2n) is 3.76. The SMILES string of the molecule is CC(NC(=O)c1cc(F)cc(C(F)(F)F)c1)C(=O)O. The molecule has 0 aliphatic carbocycles. The van der Waals surface area contributed by atoms with Gasteiger partial charge in [0.15, 0.2) is 0 Å². The number of benzene rings is 1. The zero-order chi connectivity index (χ0) is 14.8. The molecular formula is C11H9F4NO3. The van der Waals surface area contributed by atoms with E-state index in [-0.39, 0.29) is 6.07 Å². The van der Waals surface area contributed by atoms with E-state index >= 15 is 0 Å². The Balaban J connectivity index is 3.04. The van der Waals surface area contributed by atoms with E-state index in [0.29, 0.717) is 12.1 Å². The van der Waals surface area contributed by atoms with E-state index in [1.54, 1.807) is 0 Å². The number of carbonyl (C=O) groups is 2. The number of hydrogen-bond donors (Lipinski definition) is 2. The Morgan fingerprint density at radius 3 is 2.32 bits per heavy atom. The lowest BCUT2D eigenvalue weighted by molar-refractivity contribution is -0.139. The minimum absolute atomic E-state index is 0.247. The first-order valence-corrected chi connectivity index (χ1v) is 5.02. The van der Waals surface area contributed by atoms with Gasteiger partial charge in [0.1, 0.15) is 11.9 Å². The smallest absolute Gasteiger partial charge is 0.416 e. The number of hydrogen-bond acceptors (Lipinski definition) is 2. The van der Waals surface area contributed by atoms with Crippen molar-refractivity contribution in [1.29, 1.82) is 0 Å². The van der Waals surface area contributed by atoms with E-state index in [4.69, 9.17) is 5.11 Å². The van der Waals surface area contributed by atoms with E-state index < -0.39 is 41.0 Å². The topological polar surface area (TPSA) is 66.4 Å². The number of amides is 1. The Kier molecular flexibility index (Phi) is 4.13. The molecule has 0 bridgehead atoms. The maximum atomic E-state index is 13.0. The Labute approximate surface area is 105 Å². The van der Waals surface area contributed by atoms with Crippen molar-refractivity contribution in [3.63, 3.8) is 0 Å². The van der Waals surface area contributed by atoms with Gasteiger partial charge >= 0.3 is 12.1 Å². The van der Waals surface area contributed by atoms with Crippen LogP contribution in [0.5, 0.6) is 0 Å². The van der Waals surface area contributed by atoms with Gasteiger partial charge < -0.3 is 10.4 Å². The maximum absolute atomic E-state index is 13.0. The van der Waals surface area contributed by atoms with Crippen LogP contribution in [0.1, 0.15) is 22.8 Å².